The van der Waals surface area contributed by atoms with E-state index in [-0.39, 0.29) is 0 Å². The quantitative estimate of drug-likeness (QED) is 0.541. The maximum absolute atomic E-state index is 3.60. The van der Waals surface area contributed by atoms with Crippen LogP contribution in [0.15, 0.2) is 0 Å². The fourth-order valence-corrected chi connectivity index (χ4v) is 3.36. The molecule has 21 heavy (non-hydrogen) atoms. The first-order valence-corrected chi connectivity index (χ1v) is 9.54. The predicted molar refractivity (Wildman–Crippen MR) is 95.0 cm³/mol. The molecule has 1 fully saturated rings. The topological polar surface area (TPSA) is 15.3 Å². The lowest BCUT2D eigenvalue weighted by molar-refractivity contribution is 0.0684. The minimum absolute atomic E-state index is 0.339. The maximum Gasteiger partial charge on any atom is 0.0278 e. The summed E-state index contributed by atoms with van der Waals surface area (Å²) in [5.74, 6) is 0. The normalized spacial score (nSPS) is 22.6. The van der Waals surface area contributed by atoms with Crippen LogP contribution in [0.4, 0.5) is 0 Å². The van der Waals surface area contributed by atoms with Crippen LogP contribution in [0, 0.1) is 0 Å². The molecule has 0 aromatic heterocycles. The lowest BCUT2D eigenvalue weighted by Crippen LogP contribution is -2.61. The van der Waals surface area contributed by atoms with Crippen LogP contribution >= 0.6 is 0 Å². The fraction of sp³-hybridized carbons (Fsp3) is 1.00. The van der Waals surface area contributed by atoms with Gasteiger partial charge >= 0.3 is 0 Å². The zero-order valence-electron chi connectivity index (χ0n) is 15.2. The summed E-state index contributed by atoms with van der Waals surface area (Å²) in [6, 6.07) is 0.654. The molecule has 1 aliphatic heterocycles. The monoisotopic (exact) mass is 296 g/mol. The first-order valence-electron chi connectivity index (χ1n) is 9.54. The molecule has 0 aromatic rings. The Hall–Kier alpha value is -0.0800. The molecular formula is C19H40N2. The summed E-state index contributed by atoms with van der Waals surface area (Å²) in [5.41, 5.74) is 0.339. The van der Waals surface area contributed by atoms with Crippen molar-refractivity contribution in [3.8, 4) is 0 Å². The standard InChI is InChI=1S/C19H40N2/c1-5-6-7-8-9-10-11-12-13-14-15-21-16-18(2)20-17-19(21,3)4/h18,20H,5-17H2,1-4H3. The third kappa shape index (κ3) is 8.21. The second-order valence-corrected chi connectivity index (χ2v) is 7.72. The van der Waals surface area contributed by atoms with E-state index >= 15 is 0 Å². The van der Waals surface area contributed by atoms with Gasteiger partial charge in [0, 0.05) is 24.7 Å². The molecule has 1 rings (SSSR count). The molecule has 2 nitrogen and oxygen atoms in total. The van der Waals surface area contributed by atoms with Crippen molar-refractivity contribution in [3.05, 3.63) is 0 Å². The number of piperazine rings is 1. The minimum atomic E-state index is 0.339. The van der Waals surface area contributed by atoms with Crippen molar-refractivity contribution in [2.75, 3.05) is 19.6 Å². The summed E-state index contributed by atoms with van der Waals surface area (Å²) < 4.78 is 0. The van der Waals surface area contributed by atoms with Gasteiger partial charge in [-0.3, -0.25) is 4.90 Å². The summed E-state index contributed by atoms with van der Waals surface area (Å²) in [5, 5.41) is 3.60. The third-order valence-electron chi connectivity index (χ3n) is 5.02. The molecule has 0 saturated carbocycles. The van der Waals surface area contributed by atoms with Crippen molar-refractivity contribution >= 4 is 0 Å². The Labute approximate surface area is 134 Å². The minimum Gasteiger partial charge on any atom is -0.311 e. The summed E-state index contributed by atoms with van der Waals surface area (Å²) in [4.78, 5) is 2.69. The highest BCUT2D eigenvalue weighted by atomic mass is 15.3. The van der Waals surface area contributed by atoms with Crippen molar-refractivity contribution in [2.45, 2.75) is 103 Å². The van der Waals surface area contributed by atoms with Crippen molar-refractivity contribution in [1.82, 2.24) is 10.2 Å². The van der Waals surface area contributed by atoms with Crippen molar-refractivity contribution in [2.24, 2.45) is 0 Å². The van der Waals surface area contributed by atoms with Crippen LogP contribution in [-0.4, -0.2) is 36.1 Å². The lowest BCUT2D eigenvalue weighted by atomic mass is 9.97. The van der Waals surface area contributed by atoms with Crippen LogP contribution in [0.25, 0.3) is 0 Å². The van der Waals surface area contributed by atoms with Gasteiger partial charge in [-0.15, -0.1) is 0 Å². The zero-order chi connectivity index (χ0) is 15.6. The van der Waals surface area contributed by atoms with E-state index < -0.39 is 0 Å². The van der Waals surface area contributed by atoms with E-state index in [4.69, 9.17) is 0 Å². The molecule has 1 heterocycles. The number of nitrogens with one attached hydrogen (secondary N) is 1. The average Bonchev–Trinajstić information content (AvgIpc) is 2.45. The van der Waals surface area contributed by atoms with E-state index in [1.807, 2.05) is 0 Å². The van der Waals surface area contributed by atoms with Crippen LogP contribution in [0.5, 0.6) is 0 Å². The first kappa shape index (κ1) is 19.0. The van der Waals surface area contributed by atoms with Crippen LogP contribution < -0.4 is 5.32 Å². The van der Waals surface area contributed by atoms with Gasteiger partial charge in [-0.25, -0.2) is 0 Å². The maximum atomic E-state index is 3.60. The molecule has 1 saturated heterocycles. The number of rotatable bonds is 11. The van der Waals surface area contributed by atoms with Crippen molar-refractivity contribution in [1.29, 1.82) is 0 Å². The molecule has 0 aromatic carbocycles. The second kappa shape index (κ2) is 10.6. The zero-order valence-corrected chi connectivity index (χ0v) is 15.2. The SMILES string of the molecule is CCCCCCCCCCCCN1CC(C)NCC1(C)C. The smallest absolute Gasteiger partial charge is 0.0278 e. The Morgan fingerprint density at radius 2 is 1.43 bits per heavy atom. The Morgan fingerprint density at radius 3 is 2.00 bits per heavy atom. The largest absolute Gasteiger partial charge is 0.311 e. The van der Waals surface area contributed by atoms with Gasteiger partial charge in [0.2, 0.25) is 0 Å². The Morgan fingerprint density at radius 1 is 0.905 bits per heavy atom. The van der Waals surface area contributed by atoms with Gasteiger partial charge in [0.15, 0.2) is 0 Å². The van der Waals surface area contributed by atoms with Gasteiger partial charge in [0.1, 0.15) is 0 Å². The van der Waals surface area contributed by atoms with E-state index in [2.05, 4.69) is 37.9 Å². The van der Waals surface area contributed by atoms with E-state index in [1.54, 1.807) is 0 Å². The van der Waals surface area contributed by atoms with Gasteiger partial charge in [-0.1, -0.05) is 64.7 Å². The van der Waals surface area contributed by atoms with Gasteiger partial charge in [-0.05, 0) is 33.7 Å². The Bertz CT molecular complexity index is 250. The van der Waals surface area contributed by atoms with Gasteiger partial charge < -0.3 is 5.32 Å². The van der Waals surface area contributed by atoms with E-state index in [0.29, 0.717) is 11.6 Å². The highest BCUT2D eigenvalue weighted by molar-refractivity contribution is 4.91. The number of hydrogen-bond acceptors (Lipinski definition) is 2. The molecule has 0 amide bonds. The molecule has 0 aliphatic carbocycles. The molecule has 1 aliphatic rings. The summed E-state index contributed by atoms with van der Waals surface area (Å²) in [6.45, 7) is 13.0. The number of hydrogen-bond donors (Lipinski definition) is 1. The molecular weight excluding hydrogens is 256 g/mol. The van der Waals surface area contributed by atoms with Crippen LogP contribution in [-0.2, 0) is 0 Å². The molecule has 2 heteroatoms. The second-order valence-electron chi connectivity index (χ2n) is 7.72. The summed E-state index contributed by atoms with van der Waals surface area (Å²) in [6.07, 6.45) is 14.3. The molecule has 126 valence electrons. The van der Waals surface area contributed by atoms with E-state index in [9.17, 15) is 0 Å². The number of unbranched alkanes of at least 4 members (excludes halogenated alkanes) is 9. The van der Waals surface area contributed by atoms with Crippen molar-refractivity contribution in [3.63, 3.8) is 0 Å². The van der Waals surface area contributed by atoms with Crippen molar-refractivity contribution < 1.29 is 0 Å². The lowest BCUT2D eigenvalue weighted by Gasteiger charge is -2.45. The third-order valence-corrected chi connectivity index (χ3v) is 5.02. The number of nitrogens with zero attached hydrogens (tertiary/aromatic N) is 1. The Balaban J connectivity index is 1.96. The Kier molecular flexibility index (Phi) is 9.59. The van der Waals surface area contributed by atoms with Gasteiger partial charge in [0.25, 0.3) is 0 Å². The molecule has 0 spiro atoms. The fourth-order valence-electron chi connectivity index (χ4n) is 3.36. The molecule has 1 atom stereocenters. The van der Waals surface area contributed by atoms with Gasteiger partial charge in [0.05, 0.1) is 0 Å². The summed E-state index contributed by atoms with van der Waals surface area (Å²) in [7, 11) is 0. The highest BCUT2D eigenvalue weighted by Crippen LogP contribution is 2.19. The molecule has 0 bridgehead atoms. The first-order chi connectivity index (χ1) is 10.1. The van der Waals surface area contributed by atoms with Crippen LogP contribution in [0.1, 0.15) is 91.9 Å². The van der Waals surface area contributed by atoms with Gasteiger partial charge in [-0.2, -0.15) is 0 Å². The average molecular weight is 297 g/mol. The van der Waals surface area contributed by atoms with E-state index in [1.165, 1.54) is 77.3 Å². The highest BCUT2D eigenvalue weighted by Gasteiger charge is 2.31. The molecule has 1 unspecified atom stereocenters. The van der Waals surface area contributed by atoms with Crippen LogP contribution in [0.3, 0.4) is 0 Å². The predicted octanol–water partition coefficient (Wildman–Crippen LogP) is 4.98. The van der Waals surface area contributed by atoms with Crippen LogP contribution in [0.2, 0.25) is 0 Å². The molecule has 1 N–H and O–H groups in total. The summed E-state index contributed by atoms with van der Waals surface area (Å²) >= 11 is 0. The van der Waals surface area contributed by atoms with E-state index in [0.717, 1.165) is 6.54 Å². The molecule has 0 radical (unpaired) electrons.